The predicted molar refractivity (Wildman–Crippen MR) is 64.9 cm³/mol. The average molecular weight is 213 g/mol. The van der Waals surface area contributed by atoms with Crippen LogP contribution in [0.5, 0.6) is 0 Å². The Morgan fingerprint density at radius 3 is 2.33 bits per heavy atom. The summed E-state index contributed by atoms with van der Waals surface area (Å²) in [5.74, 6) is 1.38. The van der Waals surface area contributed by atoms with Crippen LogP contribution in [0.4, 0.5) is 0 Å². The summed E-state index contributed by atoms with van der Waals surface area (Å²) in [6, 6.07) is 0. The molecule has 2 heteroatoms. The second-order valence-electron chi connectivity index (χ2n) is 5.27. The molecule has 15 heavy (non-hydrogen) atoms. The van der Waals surface area contributed by atoms with Gasteiger partial charge in [-0.3, -0.25) is 0 Å². The van der Waals surface area contributed by atoms with Crippen LogP contribution in [0.15, 0.2) is 0 Å². The molecule has 0 aromatic rings. The van der Waals surface area contributed by atoms with Crippen molar-refractivity contribution in [1.29, 1.82) is 0 Å². The summed E-state index contributed by atoms with van der Waals surface area (Å²) in [6.45, 7) is 10.2. The van der Waals surface area contributed by atoms with Gasteiger partial charge in [-0.2, -0.15) is 0 Å². The highest BCUT2D eigenvalue weighted by molar-refractivity contribution is 4.76. The van der Waals surface area contributed by atoms with E-state index in [4.69, 9.17) is 0 Å². The number of hydrogen-bond donors (Lipinski definition) is 1. The molecular weight excluding hydrogens is 186 g/mol. The van der Waals surface area contributed by atoms with Crippen LogP contribution in [0, 0.1) is 11.8 Å². The lowest BCUT2D eigenvalue weighted by Crippen LogP contribution is -2.39. The molecule has 0 aromatic carbocycles. The first-order chi connectivity index (χ1) is 7.13. The van der Waals surface area contributed by atoms with Gasteiger partial charge in [-0.25, -0.2) is 0 Å². The number of hydrogen-bond acceptors (Lipinski definition) is 2. The summed E-state index contributed by atoms with van der Waals surface area (Å²) in [5, 5.41) is 9.51. The Kier molecular flexibility index (Phi) is 5.62. The number of rotatable bonds is 5. The van der Waals surface area contributed by atoms with Gasteiger partial charge in [-0.1, -0.05) is 20.3 Å². The van der Waals surface area contributed by atoms with E-state index in [1.54, 1.807) is 0 Å². The van der Waals surface area contributed by atoms with E-state index in [1.165, 1.54) is 45.3 Å². The Morgan fingerprint density at radius 2 is 1.87 bits per heavy atom. The summed E-state index contributed by atoms with van der Waals surface area (Å²) >= 11 is 0. The van der Waals surface area contributed by atoms with E-state index in [9.17, 15) is 5.11 Å². The van der Waals surface area contributed by atoms with Crippen LogP contribution >= 0.6 is 0 Å². The first kappa shape index (κ1) is 13.0. The maximum absolute atomic E-state index is 9.51. The topological polar surface area (TPSA) is 23.5 Å². The minimum absolute atomic E-state index is 0.111. The summed E-state index contributed by atoms with van der Waals surface area (Å²) in [7, 11) is 0. The molecule has 2 unspecified atom stereocenters. The number of piperidine rings is 1. The molecule has 0 radical (unpaired) electrons. The van der Waals surface area contributed by atoms with Crippen molar-refractivity contribution in [2.75, 3.05) is 19.6 Å². The zero-order valence-electron chi connectivity index (χ0n) is 10.6. The van der Waals surface area contributed by atoms with Gasteiger partial charge in [0.1, 0.15) is 0 Å². The molecule has 0 spiro atoms. The van der Waals surface area contributed by atoms with E-state index >= 15 is 0 Å². The Labute approximate surface area is 94.7 Å². The third-order valence-corrected chi connectivity index (χ3v) is 3.67. The Balaban J connectivity index is 2.19. The number of nitrogens with zero attached hydrogens (tertiary/aromatic N) is 1. The third-order valence-electron chi connectivity index (χ3n) is 3.67. The van der Waals surface area contributed by atoms with E-state index in [0.29, 0.717) is 5.92 Å². The van der Waals surface area contributed by atoms with E-state index in [-0.39, 0.29) is 6.10 Å². The molecule has 0 saturated carbocycles. The zero-order chi connectivity index (χ0) is 11.3. The average Bonchev–Trinajstić information content (AvgIpc) is 2.18. The van der Waals surface area contributed by atoms with Crippen molar-refractivity contribution < 1.29 is 5.11 Å². The van der Waals surface area contributed by atoms with Gasteiger partial charge in [0.05, 0.1) is 6.10 Å². The Bertz CT molecular complexity index is 162. The Morgan fingerprint density at radius 1 is 1.27 bits per heavy atom. The molecule has 0 aromatic heterocycles. The lowest BCUT2D eigenvalue weighted by Gasteiger charge is -2.34. The molecule has 1 aliphatic rings. The van der Waals surface area contributed by atoms with Gasteiger partial charge in [-0.05, 0) is 51.1 Å². The molecule has 0 amide bonds. The molecule has 2 nitrogen and oxygen atoms in total. The fourth-order valence-electron chi connectivity index (χ4n) is 2.64. The van der Waals surface area contributed by atoms with Gasteiger partial charge in [0.2, 0.25) is 0 Å². The van der Waals surface area contributed by atoms with E-state index in [0.717, 1.165) is 5.92 Å². The predicted octanol–water partition coefficient (Wildman–Crippen LogP) is 2.52. The lowest BCUT2D eigenvalue weighted by atomic mass is 9.91. The fourth-order valence-corrected chi connectivity index (χ4v) is 2.64. The number of likely N-dealkylation sites (tertiary alicyclic amines) is 1. The Hall–Kier alpha value is -0.0800. The first-order valence-electron chi connectivity index (χ1n) is 6.54. The lowest BCUT2D eigenvalue weighted by molar-refractivity contribution is 0.0669. The molecular formula is C13H27NO. The van der Waals surface area contributed by atoms with Crippen LogP contribution in [-0.2, 0) is 0 Å². The van der Waals surface area contributed by atoms with Crippen molar-refractivity contribution in [3.05, 3.63) is 0 Å². The van der Waals surface area contributed by atoms with Crippen molar-refractivity contribution in [2.24, 2.45) is 11.8 Å². The van der Waals surface area contributed by atoms with Gasteiger partial charge in [0.25, 0.3) is 0 Å². The standard InChI is InChI=1S/C13H27NO/c1-4-5-11(2)10-14-8-6-13(7-9-14)12(3)15/h11-13,15H,4-10H2,1-3H3. The van der Waals surface area contributed by atoms with Gasteiger partial charge in [0, 0.05) is 6.54 Å². The quantitative estimate of drug-likeness (QED) is 0.758. The van der Waals surface area contributed by atoms with E-state index in [1.807, 2.05) is 6.92 Å². The normalized spacial score (nSPS) is 24.0. The van der Waals surface area contributed by atoms with E-state index in [2.05, 4.69) is 18.7 Å². The number of aliphatic hydroxyl groups is 1. The molecule has 0 bridgehead atoms. The second-order valence-corrected chi connectivity index (χ2v) is 5.27. The molecule has 1 heterocycles. The van der Waals surface area contributed by atoms with E-state index < -0.39 is 0 Å². The molecule has 1 fully saturated rings. The highest BCUT2D eigenvalue weighted by atomic mass is 16.3. The first-order valence-corrected chi connectivity index (χ1v) is 6.54. The molecule has 0 aliphatic carbocycles. The van der Waals surface area contributed by atoms with Crippen LogP contribution in [0.1, 0.15) is 46.5 Å². The van der Waals surface area contributed by atoms with Crippen LogP contribution in [0.2, 0.25) is 0 Å². The van der Waals surface area contributed by atoms with Crippen molar-refractivity contribution in [3.8, 4) is 0 Å². The molecule has 1 aliphatic heterocycles. The maximum atomic E-state index is 9.51. The zero-order valence-corrected chi connectivity index (χ0v) is 10.6. The van der Waals surface area contributed by atoms with Crippen molar-refractivity contribution in [2.45, 2.75) is 52.6 Å². The van der Waals surface area contributed by atoms with Gasteiger partial charge >= 0.3 is 0 Å². The highest BCUT2D eigenvalue weighted by Crippen LogP contribution is 2.21. The minimum Gasteiger partial charge on any atom is -0.393 e. The van der Waals surface area contributed by atoms with Crippen molar-refractivity contribution in [3.63, 3.8) is 0 Å². The molecule has 2 atom stereocenters. The van der Waals surface area contributed by atoms with Crippen LogP contribution in [0.3, 0.4) is 0 Å². The summed E-state index contributed by atoms with van der Waals surface area (Å²) < 4.78 is 0. The van der Waals surface area contributed by atoms with Crippen LogP contribution in [-0.4, -0.2) is 35.7 Å². The summed E-state index contributed by atoms with van der Waals surface area (Å²) in [4.78, 5) is 2.57. The minimum atomic E-state index is -0.111. The van der Waals surface area contributed by atoms with Gasteiger partial charge in [-0.15, -0.1) is 0 Å². The number of aliphatic hydroxyl groups excluding tert-OH is 1. The van der Waals surface area contributed by atoms with Gasteiger partial charge in [0.15, 0.2) is 0 Å². The maximum Gasteiger partial charge on any atom is 0.0541 e. The molecule has 1 N–H and O–H groups in total. The molecule has 1 saturated heterocycles. The molecule has 1 rings (SSSR count). The van der Waals surface area contributed by atoms with Crippen LogP contribution < -0.4 is 0 Å². The summed E-state index contributed by atoms with van der Waals surface area (Å²) in [5.41, 5.74) is 0. The fraction of sp³-hybridized carbons (Fsp3) is 1.00. The van der Waals surface area contributed by atoms with Crippen LogP contribution in [0.25, 0.3) is 0 Å². The van der Waals surface area contributed by atoms with Crippen molar-refractivity contribution >= 4 is 0 Å². The molecule has 90 valence electrons. The van der Waals surface area contributed by atoms with Gasteiger partial charge < -0.3 is 10.0 Å². The monoisotopic (exact) mass is 213 g/mol. The smallest absolute Gasteiger partial charge is 0.0541 e. The highest BCUT2D eigenvalue weighted by Gasteiger charge is 2.22. The largest absolute Gasteiger partial charge is 0.393 e. The van der Waals surface area contributed by atoms with Crippen molar-refractivity contribution in [1.82, 2.24) is 4.90 Å². The summed E-state index contributed by atoms with van der Waals surface area (Å²) in [6.07, 6.45) is 4.88. The third kappa shape index (κ3) is 4.52. The second kappa shape index (κ2) is 6.49. The SMILES string of the molecule is CCCC(C)CN1CCC(C(C)O)CC1.